The van der Waals surface area contributed by atoms with E-state index in [1.54, 1.807) is 11.3 Å². The second-order valence-electron chi connectivity index (χ2n) is 3.53. The highest BCUT2D eigenvalue weighted by Gasteiger charge is 2.22. The Hall–Kier alpha value is -0.0500. The van der Waals surface area contributed by atoms with Crippen LogP contribution >= 0.6 is 22.9 Å². The number of likely N-dealkylation sites (tertiary alicyclic amines) is 1. The van der Waals surface area contributed by atoms with E-state index in [0.717, 1.165) is 17.5 Å². The van der Waals surface area contributed by atoms with Crippen LogP contribution in [0.5, 0.6) is 0 Å². The Bertz CT molecular complexity index is 265. The van der Waals surface area contributed by atoms with Crippen LogP contribution in [0.2, 0.25) is 5.02 Å². The van der Waals surface area contributed by atoms with Crippen molar-refractivity contribution in [1.82, 2.24) is 4.90 Å². The molecule has 1 aromatic rings. The summed E-state index contributed by atoms with van der Waals surface area (Å²) >= 11 is 7.58. The zero-order valence-electron chi connectivity index (χ0n) is 7.09. The molecule has 2 heterocycles. The van der Waals surface area contributed by atoms with Crippen LogP contribution in [-0.4, -0.2) is 18.0 Å². The van der Waals surface area contributed by atoms with Crippen molar-refractivity contribution < 1.29 is 0 Å². The van der Waals surface area contributed by atoms with Gasteiger partial charge in [0.2, 0.25) is 0 Å². The van der Waals surface area contributed by atoms with Crippen LogP contribution in [0.3, 0.4) is 0 Å². The van der Waals surface area contributed by atoms with E-state index in [-0.39, 0.29) is 0 Å². The van der Waals surface area contributed by atoms with Gasteiger partial charge in [0.1, 0.15) is 0 Å². The van der Waals surface area contributed by atoms with Crippen LogP contribution in [0.25, 0.3) is 0 Å². The Balaban J connectivity index is 1.88. The van der Waals surface area contributed by atoms with Gasteiger partial charge in [0.15, 0.2) is 0 Å². The lowest BCUT2D eigenvalue weighted by atomic mass is 10.0. The van der Waals surface area contributed by atoms with Crippen molar-refractivity contribution in [2.45, 2.75) is 13.5 Å². The predicted molar refractivity (Wildman–Crippen MR) is 53.8 cm³/mol. The van der Waals surface area contributed by atoms with Crippen molar-refractivity contribution in [1.29, 1.82) is 0 Å². The smallest absolute Gasteiger partial charge is 0.0516 e. The molecule has 1 fully saturated rings. The van der Waals surface area contributed by atoms with Crippen molar-refractivity contribution in [3.63, 3.8) is 0 Å². The molecule has 1 nitrogen and oxygen atoms in total. The van der Waals surface area contributed by atoms with Gasteiger partial charge in [-0.1, -0.05) is 18.5 Å². The van der Waals surface area contributed by atoms with Crippen molar-refractivity contribution in [3.05, 3.63) is 21.3 Å². The molecule has 3 heteroatoms. The first-order valence-electron chi connectivity index (χ1n) is 4.19. The maximum absolute atomic E-state index is 5.83. The quantitative estimate of drug-likeness (QED) is 0.712. The summed E-state index contributed by atoms with van der Waals surface area (Å²) in [6.07, 6.45) is 0. The van der Waals surface area contributed by atoms with Gasteiger partial charge in [0.25, 0.3) is 0 Å². The van der Waals surface area contributed by atoms with Crippen molar-refractivity contribution in [3.8, 4) is 0 Å². The van der Waals surface area contributed by atoms with Gasteiger partial charge in [-0.05, 0) is 12.0 Å². The molecule has 0 unspecified atom stereocenters. The average molecular weight is 202 g/mol. The maximum Gasteiger partial charge on any atom is 0.0516 e. The molecule has 0 atom stereocenters. The lowest BCUT2D eigenvalue weighted by Crippen LogP contribution is -2.44. The van der Waals surface area contributed by atoms with Gasteiger partial charge >= 0.3 is 0 Å². The zero-order valence-corrected chi connectivity index (χ0v) is 8.66. The second-order valence-corrected chi connectivity index (χ2v) is 4.96. The third-order valence-electron chi connectivity index (χ3n) is 2.14. The number of rotatable bonds is 2. The molecule has 0 amide bonds. The molecule has 0 aliphatic carbocycles. The van der Waals surface area contributed by atoms with Crippen LogP contribution in [0.4, 0.5) is 0 Å². The van der Waals surface area contributed by atoms with Gasteiger partial charge in [0.05, 0.1) is 5.02 Å². The molecule has 0 spiro atoms. The molecule has 1 aliphatic heterocycles. The van der Waals surface area contributed by atoms with Crippen molar-refractivity contribution in [2.75, 3.05) is 13.1 Å². The van der Waals surface area contributed by atoms with E-state index in [0.29, 0.717) is 0 Å². The first-order chi connectivity index (χ1) is 5.74. The summed E-state index contributed by atoms with van der Waals surface area (Å²) in [5.74, 6) is 0.889. The van der Waals surface area contributed by atoms with Gasteiger partial charge < -0.3 is 0 Å². The van der Waals surface area contributed by atoms with E-state index in [2.05, 4.69) is 17.9 Å². The maximum atomic E-state index is 5.83. The molecule has 0 bridgehead atoms. The van der Waals surface area contributed by atoms with Crippen LogP contribution in [0, 0.1) is 5.92 Å². The summed E-state index contributed by atoms with van der Waals surface area (Å²) in [5, 5.41) is 2.88. The number of nitrogens with zero attached hydrogens (tertiary/aromatic N) is 1. The molecule has 0 saturated carbocycles. The van der Waals surface area contributed by atoms with Crippen LogP contribution in [0.1, 0.15) is 11.8 Å². The molecular formula is C9H12ClNS. The van der Waals surface area contributed by atoms with Gasteiger partial charge in [-0.3, -0.25) is 4.90 Å². The van der Waals surface area contributed by atoms with Crippen molar-refractivity contribution in [2.24, 2.45) is 5.92 Å². The van der Waals surface area contributed by atoms with Crippen molar-refractivity contribution >= 4 is 22.9 Å². The summed E-state index contributed by atoms with van der Waals surface area (Å²) in [6.45, 7) is 5.87. The minimum absolute atomic E-state index is 0.878. The molecule has 0 N–H and O–H groups in total. The minimum atomic E-state index is 0.878. The van der Waals surface area contributed by atoms with E-state index in [4.69, 9.17) is 11.6 Å². The topological polar surface area (TPSA) is 3.24 Å². The third-order valence-corrected chi connectivity index (χ3v) is 3.41. The standard InChI is InChI=1S/C9H12ClNS/c1-7-3-11(4-7)5-9-2-8(10)6-12-9/h2,6-7H,3-5H2,1H3. The Morgan fingerprint density at radius 3 is 2.92 bits per heavy atom. The van der Waals surface area contributed by atoms with Gasteiger partial charge in [-0.25, -0.2) is 0 Å². The fourth-order valence-corrected chi connectivity index (χ4v) is 2.73. The Kier molecular flexibility index (Phi) is 2.40. The minimum Gasteiger partial charge on any atom is -0.298 e. The van der Waals surface area contributed by atoms with E-state index >= 15 is 0 Å². The fourth-order valence-electron chi connectivity index (χ4n) is 1.61. The molecular weight excluding hydrogens is 190 g/mol. The lowest BCUT2D eigenvalue weighted by Gasteiger charge is -2.36. The highest BCUT2D eigenvalue weighted by molar-refractivity contribution is 7.10. The van der Waals surface area contributed by atoms with Crippen LogP contribution < -0.4 is 0 Å². The zero-order chi connectivity index (χ0) is 8.55. The molecule has 0 aromatic carbocycles. The summed E-state index contributed by atoms with van der Waals surface area (Å²) < 4.78 is 0. The predicted octanol–water partition coefficient (Wildman–Crippen LogP) is 2.85. The molecule has 2 rings (SSSR count). The summed E-state index contributed by atoms with van der Waals surface area (Å²) in [5.41, 5.74) is 0. The van der Waals surface area contributed by atoms with E-state index in [9.17, 15) is 0 Å². The fraction of sp³-hybridized carbons (Fsp3) is 0.556. The summed E-state index contributed by atoms with van der Waals surface area (Å²) in [4.78, 5) is 3.83. The normalized spacial score (nSPS) is 19.5. The van der Waals surface area contributed by atoms with Gasteiger partial charge in [-0.2, -0.15) is 0 Å². The highest BCUT2D eigenvalue weighted by Crippen LogP contribution is 2.24. The lowest BCUT2D eigenvalue weighted by molar-refractivity contribution is 0.106. The second kappa shape index (κ2) is 3.36. The largest absolute Gasteiger partial charge is 0.298 e. The number of hydrogen-bond donors (Lipinski definition) is 0. The third kappa shape index (κ3) is 1.82. The average Bonchev–Trinajstić information content (AvgIpc) is 2.33. The Labute approximate surface area is 82.0 Å². The van der Waals surface area contributed by atoms with E-state index in [1.807, 2.05) is 5.38 Å². The summed E-state index contributed by atoms with van der Waals surface area (Å²) in [6, 6.07) is 2.06. The van der Waals surface area contributed by atoms with Gasteiger partial charge in [0, 0.05) is 29.9 Å². The molecule has 12 heavy (non-hydrogen) atoms. The molecule has 1 aliphatic rings. The van der Waals surface area contributed by atoms with Crippen LogP contribution in [-0.2, 0) is 6.54 Å². The van der Waals surface area contributed by atoms with Gasteiger partial charge in [-0.15, -0.1) is 11.3 Å². The van der Waals surface area contributed by atoms with E-state index < -0.39 is 0 Å². The Morgan fingerprint density at radius 2 is 2.42 bits per heavy atom. The molecule has 1 aromatic heterocycles. The SMILES string of the molecule is CC1CN(Cc2cc(Cl)cs2)C1. The highest BCUT2D eigenvalue weighted by atomic mass is 35.5. The summed E-state index contributed by atoms with van der Waals surface area (Å²) in [7, 11) is 0. The first kappa shape index (κ1) is 8.54. The van der Waals surface area contributed by atoms with Crippen LogP contribution in [0.15, 0.2) is 11.4 Å². The van der Waals surface area contributed by atoms with E-state index in [1.165, 1.54) is 18.0 Å². The molecule has 0 radical (unpaired) electrons. The number of thiophene rings is 1. The number of halogens is 1. The Morgan fingerprint density at radius 1 is 1.67 bits per heavy atom. The first-order valence-corrected chi connectivity index (χ1v) is 5.45. The number of hydrogen-bond acceptors (Lipinski definition) is 2. The molecule has 66 valence electrons. The molecule has 1 saturated heterocycles. The monoisotopic (exact) mass is 201 g/mol.